The molecule has 0 unspecified atom stereocenters. The summed E-state index contributed by atoms with van der Waals surface area (Å²) < 4.78 is 10.8. The molecule has 30 heavy (non-hydrogen) atoms. The maximum atomic E-state index is 6.03. The average molecular weight is 549 g/mol. The minimum absolute atomic E-state index is 0. The number of hydrogen-bond acceptors (Lipinski definition) is 6. The van der Waals surface area contributed by atoms with Crippen LogP contribution in [0.2, 0.25) is 5.02 Å². The van der Waals surface area contributed by atoms with Gasteiger partial charge >= 0.3 is 0 Å². The Kier molecular flexibility index (Phi) is 9.79. The Morgan fingerprint density at radius 3 is 2.73 bits per heavy atom. The molecule has 0 saturated carbocycles. The van der Waals surface area contributed by atoms with E-state index in [1.807, 2.05) is 25.1 Å². The molecule has 1 saturated heterocycles. The number of hydrogen-bond donors (Lipinski definition) is 2. The zero-order valence-electron chi connectivity index (χ0n) is 17.7. The van der Waals surface area contributed by atoms with Gasteiger partial charge in [0.05, 0.1) is 13.2 Å². The summed E-state index contributed by atoms with van der Waals surface area (Å²) in [6.45, 7) is 11.8. The van der Waals surface area contributed by atoms with Crippen LogP contribution in [-0.4, -0.2) is 65.9 Å². The van der Waals surface area contributed by atoms with Gasteiger partial charge in [-0.2, -0.15) is 4.98 Å². The Hall–Kier alpha value is -1.43. The molecule has 166 valence electrons. The molecule has 0 radical (unpaired) electrons. The highest BCUT2D eigenvalue weighted by atomic mass is 127. The van der Waals surface area contributed by atoms with Gasteiger partial charge in [0.2, 0.25) is 11.7 Å². The van der Waals surface area contributed by atoms with Crippen molar-refractivity contribution in [3.8, 4) is 11.4 Å². The maximum Gasteiger partial charge on any atom is 0.248 e. The molecule has 2 N–H and O–H groups in total. The first-order valence-corrected chi connectivity index (χ1v) is 10.3. The molecule has 10 heteroatoms. The predicted molar refractivity (Wildman–Crippen MR) is 129 cm³/mol. The van der Waals surface area contributed by atoms with Crippen LogP contribution in [0.5, 0.6) is 0 Å². The molecule has 1 fully saturated rings. The average Bonchev–Trinajstić information content (AvgIpc) is 3.20. The fraction of sp³-hybridized carbons (Fsp3) is 0.550. The number of nitrogens with one attached hydrogen (secondary N) is 2. The molecule has 2 heterocycles. The normalized spacial score (nSPS) is 15.5. The summed E-state index contributed by atoms with van der Waals surface area (Å²) in [4.78, 5) is 11.4. The van der Waals surface area contributed by atoms with E-state index in [0.29, 0.717) is 23.3 Å². The number of morpholine rings is 1. The predicted octanol–water partition coefficient (Wildman–Crippen LogP) is 3.17. The van der Waals surface area contributed by atoms with Crippen LogP contribution in [0.25, 0.3) is 11.4 Å². The fourth-order valence-corrected chi connectivity index (χ4v) is 3.32. The van der Waals surface area contributed by atoms with E-state index >= 15 is 0 Å². The standard InChI is InChI=1S/C20H29ClN6O2.HI/c1-4-22-19(24-14-20(2,3)27-8-10-28-11-9-27)23-13-17-25-18(26-29-17)15-6-5-7-16(21)12-15;/h5-7,12H,4,8-11,13-14H2,1-3H3,(H2,22,23,24);1H. The monoisotopic (exact) mass is 548 g/mol. The Morgan fingerprint density at radius 2 is 2.03 bits per heavy atom. The highest BCUT2D eigenvalue weighted by Gasteiger charge is 2.28. The van der Waals surface area contributed by atoms with Crippen LogP contribution in [0.3, 0.4) is 0 Å². The molecule has 3 rings (SSSR count). The van der Waals surface area contributed by atoms with Crippen molar-refractivity contribution in [2.45, 2.75) is 32.9 Å². The number of guanidine groups is 1. The lowest BCUT2D eigenvalue weighted by Gasteiger charge is -2.41. The third-order valence-corrected chi connectivity index (χ3v) is 5.06. The molecule has 0 aliphatic carbocycles. The van der Waals surface area contributed by atoms with Crippen molar-refractivity contribution in [3.63, 3.8) is 0 Å². The van der Waals surface area contributed by atoms with Gasteiger partial charge in [-0.15, -0.1) is 24.0 Å². The highest BCUT2D eigenvalue weighted by molar-refractivity contribution is 14.0. The van der Waals surface area contributed by atoms with E-state index in [1.54, 1.807) is 6.07 Å². The lowest BCUT2D eigenvalue weighted by Crippen LogP contribution is -2.56. The first kappa shape index (κ1) is 24.8. The summed E-state index contributed by atoms with van der Waals surface area (Å²) in [6, 6.07) is 7.36. The second kappa shape index (κ2) is 11.8. The Bertz CT molecular complexity index is 823. The lowest BCUT2D eigenvalue weighted by atomic mass is 10.0. The first-order chi connectivity index (χ1) is 14.0. The van der Waals surface area contributed by atoms with Crippen molar-refractivity contribution >= 4 is 41.5 Å². The van der Waals surface area contributed by atoms with Crippen LogP contribution in [0.15, 0.2) is 33.8 Å². The lowest BCUT2D eigenvalue weighted by molar-refractivity contribution is -0.00834. The van der Waals surface area contributed by atoms with Gasteiger partial charge in [-0.05, 0) is 32.9 Å². The first-order valence-electron chi connectivity index (χ1n) is 9.91. The summed E-state index contributed by atoms with van der Waals surface area (Å²) in [6.07, 6.45) is 0. The van der Waals surface area contributed by atoms with E-state index in [2.05, 4.69) is 44.5 Å². The van der Waals surface area contributed by atoms with E-state index in [0.717, 1.165) is 50.9 Å². The Labute approximate surface area is 199 Å². The molecular weight excluding hydrogens is 519 g/mol. The SMILES string of the molecule is CCNC(=NCc1nc(-c2cccc(Cl)c2)no1)NCC(C)(C)N1CCOCC1.I. The molecule has 1 aliphatic heterocycles. The third-order valence-electron chi connectivity index (χ3n) is 4.82. The minimum Gasteiger partial charge on any atom is -0.379 e. The summed E-state index contributed by atoms with van der Waals surface area (Å²) in [7, 11) is 0. The molecule has 2 aromatic rings. The zero-order valence-corrected chi connectivity index (χ0v) is 20.7. The second-order valence-corrected chi connectivity index (χ2v) is 7.92. The Balaban J connectivity index is 0.00000320. The van der Waals surface area contributed by atoms with E-state index in [-0.39, 0.29) is 29.5 Å². The summed E-state index contributed by atoms with van der Waals surface area (Å²) in [5.74, 6) is 1.67. The van der Waals surface area contributed by atoms with Crippen LogP contribution < -0.4 is 10.6 Å². The number of ether oxygens (including phenoxy) is 1. The van der Waals surface area contributed by atoms with Crippen molar-refractivity contribution in [1.29, 1.82) is 0 Å². The number of nitrogens with zero attached hydrogens (tertiary/aromatic N) is 4. The van der Waals surface area contributed by atoms with Crippen molar-refractivity contribution in [2.75, 3.05) is 39.4 Å². The minimum atomic E-state index is -0.00972. The van der Waals surface area contributed by atoms with Gasteiger partial charge in [-0.1, -0.05) is 28.9 Å². The van der Waals surface area contributed by atoms with Crippen LogP contribution in [-0.2, 0) is 11.3 Å². The number of halogens is 2. The summed E-state index contributed by atoms with van der Waals surface area (Å²) in [5, 5.41) is 11.3. The van der Waals surface area contributed by atoms with E-state index in [9.17, 15) is 0 Å². The summed E-state index contributed by atoms with van der Waals surface area (Å²) in [5.41, 5.74) is 0.804. The topological polar surface area (TPSA) is 87.8 Å². The van der Waals surface area contributed by atoms with Crippen LogP contribution in [0, 0.1) is 0 Å². The molecule has 1 aromatic carbocycles. The van der Waals surface area contributed by atoms with Gasteiger partial charge in [0, 0.05) is 42.3 Å². The van der Waals surface area contributed by atoms with Gasteiger partial charge in [0.25, 0.3) is 0 Å². The van der Waals surface area contributed by atoms with Gasteiger partial charge in [-0.25, -0.2) is 4.99 Å². The largest absolute Gasteiger partial charge is 0.379 e. The Morgan fingerprint density at radius 1 is 1.27 bits per heavy atom. The van der Waals surface area contributed by atoms with Gasteiger partial charge in [0.1, 0.15) is 6.54 Å². The van der Waals surface area contributed by atoms with Crippen LogP contribution >= 0.6 is 35.6 Å². The van der Waals surface area contributed by atoms with E-state index in [4.69, 9.17) is 20.9 Å². The summed E-state index contributed by atoms with van der Waals surface area (Å²) >= 11 is 6.03. The smallest absolute Gasteiger partial charge is 0.248 e. The van der Waals surface area contributed by atoms with Crippen LogP contribution in [0.4, 0.5) is 0 Å². The second-order valence-electron chi connectivity index (χ2n) is 7.48. The molecule has 0 bridgehead atoms. The van der Waals surface area contributed by atoms with Crippen molar-refractivity contribution < 1.29 is 9.26 Å². The number of aromatic nitrogens is 2. The van der Waals surface area contributed by atoms with Crippen LogP contribution in [0.1, 0.15) is 26.7 Å². The maximum absolute atomic E-state index is 6.03. The van der Waals surface area contributed by atoms with E-state index < -0.39 is 0 Å². The van der Waals surface area contributed by atoms with Crippen molar-refractivity contribution in [2.24, 2.45) is 4.99 Å². The highest BCUT2D eigenvalue weighted by Crippen LogP contribution is 2.20. The molecule has 0 spiro atoms. The number of rotatable bonds is 7. The molecular formula is C20H30ClIN6O2. The van der Waals surface area contributed by atoms with Crippen molar-refractivity contribution in [3.05, 3.63) is 35.2 Å². The quantitative estimate of drug-likeness (QED) is 0.312. The molecule has 0 atom stereocenters. The number of benzene rings is 1. The van der Waals surface area contributed by atoms with Crippen molar-refractivity contribution in [1.82, 2.24) is 25.7 Å². The number of aliphatic imine (C=N–C) groups is 1. The third kappa shape index (κ3) is 7.07. The van der Waals surface area contributed by atoms with Gasteiger partial charge in [0.15, 0.2) is 5.96 Å². The van der Waals surface area contributed by atoms with E-state index in [1.165, 1.54) is 0 Å². The fourth-order valence-electron chi connectivity index (χ4n) is 3.13. The molecule has 0 amide bonds. The van der Waals surface area contributed by atoms with Gasteiger partial charge < -0.3 is 19.9 Å². The zero-order chi connectivity index (χ0) is 20.7. The van der Waals surface area contributed by atoms with Gasteiger partial charge in [-0.3, -0.25) is 4.90 Å². The molecule has 1 aliphatic rings. The molecule has 1 aromatic heterocycles. The molecule has 8 nitrogen and oxygen atoms in total.